The summed E-state index contributed by atoms with van der Waals surface area (Å²) in [6, 6.07) is 4.93. The maximum atomic E-state index is 13.5. The first-order valence-electron chi connectivity index (χ1n) is 18.5. The van der Waals surface area contributed by atoms with Crippen molar-refractivity contribution in [2.45, 2.75) is 76.3 Å². The molecule has 4 bridgehead atoms. The number of amides is 1. The first-order chi connectivity index (χ1) is 24.3. The van der Waals surface area contributed by atoms with Gasteiger partial charge in [0.2, 0.25) is 0 Å². The van der Waals surface area contributed by atoms with Crippen LogP contribution in [0.3, 0.4) is 0 Å². The Morgan fingerprint density at radius 1 is 0.900 bits per heavy atom. The molecule has 266 valence electrons. The molecule has 4 atom stereocenters. The Morgan fingerprint density at radius 2 is 1.66 bits per heavy atom. The number of thiophene rings is 1. The van der Waals surface area contributed by atoms with Crippen molar-refractivity contribution in [3.05, 3.63) is 39.3 Å². The molecule has 4 saturated carbocycles. The predicted molar refractivity (Wildman–Crippen MR) is 201 cm³/mol. The van der Waals surface area contributed by atoms with Crippen LogP contribution < -0.4 is 15.1 Å². The van der Waals surface area contributed by atoms with Crippen LogP contribution in [0.15, 0.2) is 23.7 Å². The Balaban J connectivity index is 0.930. The lowest BCUT2D eigenvalue weighted by molar-refractivity contribution is -0.142. The number of carboxylic acid groups (broad SMARTS) is 1. The van der Waals surface area contributed by atoms with Gasteiger partial charge in [0.15, 0.2) is 5.13 Å². The van der Waals surface area contributed by atoms with Gasteiger partial charge in [-0.15, -0.1) is 11.3 Å². The third-order valence-corrected chi connectivity index (χ3v) is 15.4. The molecule has 4 aliphatic carbocycles. The molecule has 1 amide bonds. The number of pyridine rings is 1. The van der Waals surface area contributed by atoms with Crippen molar-refractivity contribution >= 4 is 73.7 Å². The summed E-state index contributed by atoms with van der Waals surface area (Å²) in [7, 11) is 0. The second-order valence-electron chi connectivity index (χ2n) is 15.8. The maximum Gasteiger partial charge on any atom is 0.306 e. The Morgan fingerprint density at radius 3 is 2.34 bits per heavy atom. The highest BCUT2D eigenvalue weighted by atomic mass is 35.5. The lowest BCUT2D eigenvalue weighted by Gasteiger charge is -2.53. The molecule has 0 aromatic carbocycles. The second-order valence-corrected chi connectivity index (χ2v) is 18.5. The quantitative estimate of drug-likeness (QED) is 0.249. The van der Waals surface area contributed by atoms with Gasteiger partial charge < -0.3 is 14.9 Å². The van der Waals surface area contributed by atoms with E-state index >= 15 is 0 Å². The highest BCUT2D eigenvalue weighted by Gasteiger charge is 2.51. The second kappa shape index (κ2) is 13.5. The number of likely N-dealkylation sites (tertiary alicyclic amines) is 1. The van der Waals surface area contributed by atoms with Crippen molar-refractivity contribution in [3.63, 3.8) is 0 Å². The number of piperidine rings is 1. The molecule has 0 radical (unpaired) electrons. The molecule has 50 heavy (non-hydrogen) atoms. The molecule has 7 fully saturated rings. The van der Waals surface area contributed by atoms with E-state index < -0.39 is 5.97 Å². The number of halogens is 2. The van der Waals surface area contributed by atoms with Gasteiger partial charge in [0.25, 0.3) is 5.91 Å². The van der Waals surface area contributed by atoms with Crippen LogP contribution in [0.5, 0.6) is 0 Å². The van der Waals surface area contributed by atoms with Crippen molar-refractivity contribution < 1.29 is 14.7 Å². The summed E-state index contributed by atoms with van der Waals surface area (Å²) < 4.78 is 0. The molecule has 0 spiro atoms. The van der Waals surface area contributed by atoms with Crippen LogP contribution in [-0.4, -0.2) is 76.7 Å². The van der Waals surface area contributed by atoms with E-state index in [1.165, 1.54) is 69.2 Å². The van der Waals surface area contributed by atoms with E-state index in [9.17, 15) is 14.7 Å². The number of fused-ring (bicyclic) bond motifs is 1. The molecular formula is C37H44Cl2N6O3S2. The number of anilines is 3. The SMILES string of the molecule is O=C(Nc1nc(-c2cc(Cl)cs2)c(N2CC3CCN(C4[C@H]5CCC[C@H]4C[C@H]4C[C@H](C5)C4)C3C2)s1)c1cnc(N2CCC(C(=O)O)CC2)c(Cl)c1. The van der Waals surface area contributed by atoms with Gasteiger partial charge in [-0.2, -0.15) is 0 Å². The maximum absolute atomic E-state index is 13.5. The third kappa shape index (κ3) is 6.22. The molecule has 6 heterocycles. The van der Waals surface area contributed by atoms with Crippen LogP contribution in [0.4, 0.5) is 16.0 Å². The van der Waals surface area contributed by atoms with Gasteiger partial charge in [0.05, 0.1) is 26.4 Å². The van der Waals surface area contributed by atoms with Gasteiger partial charge in [0, 0.05) is 49.8 Å². The Labute approximate surface area is 311 Å². The van der Waals surface area contributed by atoms with Crippen molar-refractivity contribution in [1.29, 1.82) is 0 Å². The van der Waals surface area contributed by atoms with E-state index in [1.54, 1.807) is 23.6 Å². The average molecular weight is 756 g/mol. The number of nitrogens with one attached hydrogen (secondary N) is 1. The van der Waals surface area contributed by atoms with Crippen molar-refractivity contribution in [3.8, 4) is 10.6 Å². The Bertz CT molecular complexity index is 1750. The molecule has 7 aliphatic rings. The van der Waals surface area contributed by atoms with E-state index in [-0.39, 0.29) is 11.8 Å². The molecular weight excluding hydrogens is 711 g/mol. The Hall–Kier alpha value is -2.44. The average Bonchev–Trinajstić information content (AvgIpc) is 3.88. The van der Waals surface area contributed by atoms with Crippen LogP contribution in [0.1, 0.15) is 74.6 Å². The van der Waals surface area contributed by atoms with E-state index in [0.29, 0.717) is 64.4 Å². The normalized spacial score (nSPS) is 31.2. The first kappa shape index (κ1) is 33.4. The van der Waals surface area contributed by atoms with Gasteiger partial charge in [-0.05, 0) is 106 Å². The fourth-order valence-electron chi connectivity index (χ4n) is 10.5. The van der Waals surface area contributed by atoms with Gasteiger partial charge in [-0.1, -0.05) is 41.0 Å². The number of hydrogen-bond acceptors (Lipinski definition) is 9. The number of carbonyl (C=O) groups excluding carboxylic acids is 1. The van der Waals surface area contributed by atoms with Crippen LogP contribution in [0.25, 0.3) is 10.6 Å². The van der Waals surface area contributed by atoms with Crippen LogP contribution in [0, 0.1) is 35.5 Å². The molecule has 3 aliphatic heterocycles. The Kier molecular flexibility index (Phi) is 9.03. The summed E-state index contributed by atoms with van der Waals surface area (Å²) in [5, 5.41) is 17.0. The monoisotopic (exact) mass is 754 g/mol. The molecule has 2 unspecified atom stereocenters. The number of carboxylic acids is 1. The number of hydrogen-bond donors (Lipinski definition) is 2. The fourth-order valence-corrected chi connectivity index (χ4v) is 13.0. The van der Waals surface area contributed by atoms with Crippen LogP contribution >= 0.6 is 45.9 Å². The highest BCUT2D eigenvalue weighted by molar-refractivity contribution is 7.21. The molecule has 13 heteroatoms. The van der Waals surface area contributed by atoms with Crippen LogP contribution in [0.2, 0.25) is 10.0 Å². The molecule has 9 nitrogen and oxygen atoms in total. The van der Waals surface area contributed by atoms with Crippen molar-refractivity contribution in [1.82, 2.24) is 14.9 Å². The van der Waals surface area contributed by atoms with Gasteiger partial charge >= 0.3 is 5.97 Å². The van der Waals surface area contributed by atoms with Gasteiger partial charge in [0.1, 0.15) is 16.5 Å². The smallest absolute Gasteiger partial charge is 0.306 e. The minimum atomic E-state index is -0.760. The van der Waals surface area contributed by atoms with E-state index in [1.807, 2.05) is 16.3 Å². The zero-order valence-electron chi connectivity index (χ0n) is 28.1. The molecule has 3 aromatic rings. The zero-order valence-corrected chi connectivity index (χ0v) is 31.3. The molecule has 3 saturated heterocycles. The van der Waals surface area contributed by atoms with E-state index in [2.05, 4.69) is 20.1 Å². The summed E-state index contributed by atoms with van der Waals surface area (Å²) >= 11 is 16.2. The van der Waals surface area contributed by atoms with Gasteiger partial charge in [-0.25, -0.2) is 9.97 Å². The summed E-state index contributed by atoms with van der Waals surface area (Å²) in [6.45, 7) is 4.38. The largest absolute Gasteiger partial charge is 0.481 e. The number of thiazole rings is 1. The first-order valence-corrected chi connectivity index (χ1v) is 20.9. The number of carbonyl (C=O) groups is 2. The standard InChI is InChI=1S/C37H44Cl2N6O3S2/c38-27-15-30(49-19-27)31-35(44-17-25-6-9-45(29(25)18-44)32-23-2-1-3-24(32)13-21-10-20(11-21)12-23)50-37(41-31)42-34(46)26-14-28(39)33(40-16-26)43-7-4-22(5-8-43)36(47)48/h14-16,19-25,29,32H,1-13,17-18H2,(H,47,48)(H,41,42,46)/t20-,21-,23-,24-,25?,29?/m0/s1. The minimum Gasteiger partial charge on any atom is -0.481 e. The number of rotatable bonds is 7. The molecule has 10 rings (SSSR count). The minimum absolute atomic E-state index is 0.315. The lowest BCUT2D eigenvalue weighted by Crippen LogP contribution is -2.54. The highest BCUT2D eigenvalue weighted by Crippen LogP contribution is 2.53. The summed E-state index contributed by atoms with van der Waals surface area (Å²) in [5.41, 5.74) is 1.23. The van der Waals surface area contributed by atoms with E-state index in [4.69, 9.17) is 28.2 Å². The van der Waals surface area contributed by atoms with E-state index in [0.717, 1.165) is 58.4 Å². The summed E-state index contributed by atoms with van der Waals surface area (Å²) in [5.74, 6) is 3.49. The zero-order chi connectivity index (χ0) is 34.1. The third-order valence-electron chi connectivity index (χ3n) is 12.8. The number of aromatic nitrogens is 2. The number of nitrogens with zero attached hydrogens (tertiary/aromatic N) is 5. The number of aliphatic carboxylic acids is 1. The van der Waals surface area contributed by atoms with Crippen LogP contribution in [-0.2, 0) is 4.79 Å². The lowest BCUT2D eigenvalue weighted by atomic mass is 9.58. The van der Waals surface area contributed by atoms with Crippen molar-refractivity contribution in [2.75, 3.05) is 47.8 Å². The molecule has 3 aromatic heterocycles. The summed E-state index contributed by atoms with van der Waals surface area (Å²) in [6.07, 6.45) is 14.0. The topological polar surface area (TPSA) is 102 Å². The predicted octanol–water partition coefficient (Wildman–Crippen LogP) is 8.24. The summed E-state index contributed by atoms with van der Waals surface area (Å²) in [4.78, 5) is 43.0. The van der Waals surface area contributed by atoms with Gasteiger partial charge in [-0.3, -0.25) is 19.8 Å². The van der Waals surface area contributed by atoms with Crippen molar-refractivity contribution in [2.24, 2.45) is 35.5 Å². The molecule has 2 N–H and O–H groups in total. The fraction of sp³-hybridized carbons (Fsp3) is 0.622.